The lowest BCUT2D eigenvalue weighted by atomic mass is 9.59. The molecule has 2 unspecified atom stereocenters. The minimum atomic E-state index is -0.709. The normalized spacial score (nSPS) is 28.8. The third-order valence-electron chi connectivity index (χ3n) is 11.3. The molecule has 4 aliphatic heterocycles. The van der Waals surface area contributed by atoms with Crippen molar-refractivity contribution in [2.24, 2.45) is 5.41 Å². The highest BCUT2D eigenvalue weighted by molar-refractivity contribution is 5.74. The molecule has 5 heterocycles. The minimum absolute atomic E-state index is 0.174. The molecule has 1 saturated carbocycles. The van der Waals surface area contributed by atoms with E-state index in [1.54, 1.807) is 12.1 Å². The Morgan fingerprint density at radius 3 is 2.39 bits per heavy atom. The summed E-state index contributed by atoms with van der Waals surface area (Å²) < 4.78 is 5.60. The highest BCUT2D eigenvalue weighted by atomic mass is 16.6. The van der Waals surface area contributed by atoms with Gasteiger partial charge in [0.15, 0.2) is 5.82 Å². The van der Waals surface area contributed by atoms with Crippen molar-refractivity contribution in [2.75, 3.05) is 56.4 Å². The van der Waals surface area contributed by atoms with Crippen molar-refractivity contribution in [1.82, 2.24) is 24.9 Å². The summed E-state index contributed by atoms with van der Waals surface area (Å²) in [5.41, 5.74) is 7.63. The topological polar surface area (TPSA) is 132 Å². The summed E-state index contributed by atoms with van der Waals surface area (Å²) in [5, 5.41) is 30.9. The van der Waals surface area contributed by atoms with E-state index in [1.807, 2.05) is 43.9 Å². The summed E-state index contributed by atoms with van der Waals surface area (Å²) in [6, 6.07) is 10.3. The third kappa shape index (κ3) is 6.25. The molecule has 7 rings (SSSR count). The predicted molar refractivity (Wildman–Crippen MR) is 178 cm³/mol. The lowest BCUT2D eigenvalue weighted by Crippen LogP contribution is -2.64. The average molecular weight is 634 g/mol. The van der Waals surface area contributed by atoms with Gasteiger partial charge in [-0.25, -0.2) is 4.79 Å². The van der Waals surface area contributed by atoms with E-state index in [0.717, 1.165) is 83.5 Å². The number of β-amino-alcohol motifs (C(OH)–C–C–N with tert-alkyl or cyclic N) is 1. The summed E-state index contributed by atoms with van der Waals surface area (Å²) in [4.78, 5) is 21.9. The second-order valence-corrected chi connectivity index (χ2v) is 15.8. The molecule has 4 N–H and O–H groups in total. The van der Waals surface area contributed by atoms with Gasteiger partial charge in [0, 0.05) is 63.0 Å². The van der Waals surface area contributed by atoms with Crippen LogP contribution in [-0.2, 0) is 4.74 Å². The molecule has 5 aliphatic rings. The molecule has 2 bridgehead atoms. The Labute approximate surface area is 272 Å². The number of phenols is 1. The van der Waals surface area contributed by atoms with Crippen molar-refractivity contribution in [2.45, 2.75) is 101 Å². The molecule has 250 valence electrons. The summed E-state index contributed by atoms with van der Waals surface area (Å²) in [7, 11) is 0. The number of aromatic nitrogens is 2. The van der Waals surface area contributed by atoms with Crippen LogP contribution in [0.2, 0.25) is 0 Å². The summed E-state index contributed by atoms with van der Waals surface area (Å²) in [6.45, 7) is 11.5. The molecule has 1 aromatic heterocycles. The number of likely N-dealkylation sites (tertiary alicyclic amines) is 2. The van der Waals surface area contributed by atoms with Gasteiger partial charge in [0.1, 0.15) is 11.4 Å². The number of nitrogens with two attached hydrogens (primary N) is 1. The number of phenolic OH excluding ortho intramolecular Hbond substituents is 1. The fraction of sp³-hybridized carbons (Fsp3) is 0.686. The van der Waals surface area contributed by atoms with Gasteiger partial charge in [0.05, 0.1) is 17.0 Å². The number of carbonyl (C=O) groups is 1. The van der Waals surface area contributed by atoms with Crippen LogP contribution in [-0.4, -0.2) is 116 Å². The van der Waals surface area contributed by atoms with E-state index in [0.29, 0.717) is 47.2 Å². The zero-order valence-electron chi connectivity index (χ0n) is 27.7. The van der Waals surface area contributed by atoms with Crippen molar-refractivity contribution in [3.8, 4) is 17.0 Å². The van der Waals surface area contributed by atoms with Crippen LogP contribution < -0.4 is 10.6 Å². The van der Waals surface area contributed by atoms with Crippen molar-refractivity contribution in [3.05, 3.63) is 30.3 Å². The first kappa shape index (κ1) is 31.4. The zero-order valence-corrected chi connectivity index (χ0v) is 27.7. The van der Waals surface area contributed by atoms with Crippen LogP contribution in [0, 0.1) is 5.41 Å². The van der Waals surface area contributed by atoms with Crippen LogP contribution in [0.5, 0.6) is 5.75 Å². The number of amides is 1. The number of para-hydroxylation sites is 1. The molecule has 3 atom stereocenters. The number of carbonyl (C=O) groups excluding carboxylic acids is 1. The fourth-order valence-corrected chi connectivity index (χ4v) is 8.94. The number of nitrogens with zero attached hydrogens (tertiary/aromatic N) is 6. The number of hydrogen-bond donors (Lipinski definition) is 3. The second-order valence-electron chi connectivity index (χ2n) is 15.8. The van der Waals surface area contributed by atoms with E-state index in [4.69, 9.17) is 10.5 Å². The fourth-order valence-electron chi connectivity index (χ4n) is 8.94. The Kier molecular flexibility index (Phi) is 8.08. The van der Waals surface area contributed by atoms with Crippen LogP contribution >= 0.6 is 0 Å². The largest absolute Gasteiger partial charge is 0.507 e. The van der Waals surface area contributed by atoms with Gasteiger partial charge in [0.2, 0.25) is 0 Å². The Hall–Kier alpha value is -3.15. The molecule has 1 aromatic carbocycles. The lowest BCUT2D eigenvalue weighted by Gasteiger charge is -2.57. The number of ether oxygens (including phenoxy) is 1. The number of piperazine rings is 1. The first-order valence-electron chi connectivity index (χ1n) is 17.3. The Morgan fingerprint density at radius 1 is 1.02 bits per heavy atom. The Balaban J connectivity index is 0.944. The van der Waals surface area contributed by atoms with E-state index in [-0.39, 0.29) is 11.8 Å². The van der Waals surface area contributed by atoms with Gasteiger partial charge in [-0.2, -0.15) is 0 Å². The third-order valence-corrected chi connectivity index (χ3v) is 11.3. The Bertz CT molecular complexity index is 1420. The van der Waals surface area contributed by atoms with Gasteiger partial charge in [-0.1, -0.05) is 12.1 Å². The van der Waals surface area contributed by atoms with Crippen LogP contribution in [0.25, 0.3) is 11.3 Å². The molecular formula is C35H51N7O4. The van der Waals surface area contributed by atoms with E-state index in [2.05, 4.69) is 24.9 Å². The van der Waals surface area contributed by atoms with Crippen molar-refractivity contribution in [3.63, 3.8) is 0 Å². The Morgan fingerprint density at radius 2 is 1.72 bits per heavy atom. The maximum Gasteiger partial charge on any atom is 0.410 e. The van der Waals surface area contributed by atoms with Crippen LogP contribution in [0.15, 0.2) is 30.3 Å². The van der Waals surface area contributed by atoms with Gasteiger partial charge in [-0.05, 0) is 102 Å². The molecular weight excluding hydrogens is 582 g/mol. The van der Waals surface area contributed by atoms with Crippen LogP contribution in [0.4, 0.5) is 16.3 Å². The van der Waals surface area contributed by atoms with Crippen LogP contribution in [0.3, 0.4) is 0 Å². The van der Waals surface area contributed by atoms with E-state index in [1.165, 1.54) is 12.8 Å². The molecule has 2 aromatic rings. The highest BCUT2D eigenvalue weighted by Gasteiger charge is 2.51. The quantitative estimate of drug-likeness (QED) is 0.443. The molecule has 1 aliphatic carbocycles. The average Bonchev–Trinajstić information content (AvgIpc) is 3.20. The predicted octanol–water partition coefficient (Wildman–Crippen LogP) is 4.09. The number of piperidine rings is 2. The maximum atomic E-state index is 12.6. The number of hydrogen-bond acceptors (Lipinski definition) is 10. The monoisotopic (exact) mass is 633 g/mol. The van der Waals surface area contributed by atoms with Gasteiger partial charge < -0.3 is 30.5 Å². The van der Waals surface area contributed by atoms with Crippen LogP contribution in [0.1, 0.15) is 72.1 Å². The van der Waals surface area contributed by atoms with E-state index < -0.39 is 11.2 Å². The first-order valence-corrected chi connectivity index (χ1v) is 17.3. The van der Waals surface area contributed by atoms with Gasteiger partial charge in [-0.3, -0.25) is 9.80 Å². The highest BCUT2D eigenvalue weighted by Crippen LogP contribution is 2.52. The SMILES string of the molecule is CC(C)(C)OC(=O)N1CCC2(CC1)CC(N1CCC[C@](O)(CN3C4CCC3CN(c3cc(-c5ccccc5O)nnc3N)C4)C1)C2. The minimum Gasteiger partial charge on any atom is -0.507 e. The molecule has 11 heteroatoms. The number of nitrogen functional groups attached to an aromatic ring is 1. The van der Waals surface area contributed by atoms with E-state index in [9.17, 15) is 15.0 Å². The summed E-state index contributed by atoms with van der Waals surface area (Å²) >= 11 is 0. The number of fused-ring (bicyclic) bond motifs is 2. The summed E-state index contributed by atoms with van der Waals surface area (Å²) in [5.74, 6) is 0.579. The van der Waals surface area contributed by atoms with E-state index >= 15 is 0 Å². The molecule has 1 amide bonds. The maximum absolute atomic E-state index is 12.6. The molecule has 11 nitrogen and oxygen atoms in total. The lowest BCUT2D eigenvalue weighted by molar-refractivity contribution is -0.108. The molecule has 5 fully saturated rings. The number of rotatable bonds is 5. The van der Waals surface area contributed by atoms with Crippen molar-refractivity contribution >= 4 is 17.6 Å². The molecule has 0 radical (unpaired) electrons. The number of aromatic hydroxyl groups is 1. The number of aliphatic hydroxyl groups is 1. The number of anilines is 2. The van der Waals surface area contributed by atoms with Gasteiger partial charge in [-0.15, -0.1) is 10.2 Å². The van der Waals surface area contributed by atoms with Crippen molar-refractivity contribution in [1.29, 1.82) is 0 Å². The van der Waals surface area contributed by atoms with Gasteiger partial charge in [0.25, 0.3) is 0 Å². The standard InChI is InChI=1S/C35H51N7O4/c1-33(2,3)46-32(44)39-15-12-34(13-16-39)18-26(19-34)40-14-6-11-35(45,22-40)23-42-24-9-10-25(42)21-41(20-24)29-17-28(37-38-31(29)36)27-7-4-5-8-30(27)43/h4-5,7-8,17,24-26,43,45H,6,9-16,18-23H2,1-3H3,(H2,36,38)/t24?,25?,35-/m1/s1. The summed E-state index contributed by atoms with van der Waals surface area (Å²) in [6.07, 6.45) is 8.31. The zero-order chi connectivity index (χ0) is 32.3. The molecule has 4 saturated heterocycles. The molecule has 1 spiro atoms. The number of benzene rings is 1. The van der Waals surface area contributed by atoms with Crippen molar-refractivity contribution < 1.29 is 19.7 Å². The molecule has 46 heavy (non-hydrogen) atoms. The van der Waals surface area contributed by atoms with Gasteiger partial charge >= 0.3 is 6.09 Å². The first-order chi connectivity index (χ1) is 21.9. The smallest absolute Gasteiger partial charge is 0.410 e. The second kappa shape index (κ2) is 11.8.